The molecule has 1 heterocycles. The van der Waals surface area contributed by atoms with Gasteiger partial charge in [0.1, 0.15) is 6.61 Å². The Morgan fingerprint density at radius 3 is 2.42 bits per heavy atom. The molecule has 1 unspecified atom stereocenters. The van der Waals surface area contributed by atoms with Crippen LogP contribution in [0.2, 0.25) is 0 Å². The van der Waals surface area contributed by atoms with E-state index in [1.807, 2.05) is 4.90 Å². The summed E-state index contributed by atoms with van der Waals surface area (Å²) in [6, 6.07) is 1.02. The average molecular weight is 270 g/mol. The summed E-state index contributed by atoms with van der Waals surface area (Å²) in [5.74, 6) is 0.907. The highest BCUT2D eigenvalue weighted by atomic mass is 16.5. The largest absolute Gasteiger partial charge is 0.383 e. The van der Waals surface area contributed by atoms with Gasteiger partial charge in [-0.3, -0.25) is 4.79 Å². The molecule has 0 bridgehead atoms. The summed E-state index contributed by atoms with van der Waals surface area (Å²) >= 11 is 0. The fourth-order valence-corrected chi connectivity index (χ4v) is 2.81. The fourth-order valence-electron chi connectivity index (χ4n) is 2.81. The van der Waals surface area contributed by atoms with Gasteiger partial charge < -0.3 is 19.7 Å². The lowest BCUT2D eigenvalue weighted by Crippen LogP contribution is -2.50. The fraction of sp³-hybridized carbons (Fsp3) is 0.929. The molecule has 1 aliphatic heterocycles. The number of ether oxygens (including phenoxy) is 2. The number of piperidine rings is 1. The normalized spacial score (nSPS) is 22.5. The molecule has 19 heavy (non-hydrogen) atoms. The molecule has 0 aromatic carbocycles. The second-order valence-corrected chi connectivity index (χ2v) is 5.65. The number of nitrogens with zero attached hydrogens (tertiary/aromatic N) is 1. The zero-order chi connectivity index (χ0) is 13.7. The number of likely N-dealkylation sites (tertiary alicyclic amines) is 1. The van der Waals surface area contributed by atoms with Gasteiger partial charge in [-0.05, 0) is 31.6 Å². The van der Waals surface area contributed by atoms with Crippen LogP contribution in [0.3, 0.4) is 0 Å². The second kappa shape index (κ2) is 7.22. The van der Waals surface area contributed by atoms with Crippen LogP contribution in [0.15, 0.2) is 0 Å². The third-order valence-corrected chi connectivity index (χ3v) is 4.10. The first-order chi connectivity index (χ1) is 9.24. The zero-order valence-corrected chi connectivity index (χ0v) is 12.1. The minimum atomic E-state index is 0.108. The Hall–Kier alpha value is -0.650. The van der Waals surface area contributed by atoms with Crippen molar-refractivity contribution in [3.8, 4) is 0 Å². The van der Waals surface area contributed by atoms with Crippen LogP contribution in [0.4, 0.5) is 0 Å². The van der Waals surface area contributed by atoms with Crippen molar-refractivity contribution in [2.75, 3.05) is 40.5 Å². The summed E-state index contributed by atoms with van der Waals surface area (Å²) in [4.78, 5) is 13.6. The zero-order valence-electron chi connectivity index (χ0n) is 12.1. The monoisotopic (exact) mass is 270 g/mol. The Kier molecular flexibility index (Phi) is 5.60. The molecule has 1 amide bonds. The Morgan fingerprint density at radius 1 is 1.21 bits per heavy atom. The van der Waals surface area contributed by atoms with Crippen molar-refractivity contribution >= 4 is 5.91 Å². The predicted molar refractivity (Wildman–Crippen MR) is 73.0 cm³/mol. The molecule has 1 atom stereocenters. The first-order valence-electron chi connectivity index (χ1n) is 7.26. The van der Waals surface area contributed by atoms with E-state index < -0.39 is 0 Å². The minimum absolute atomic E-state index is 0.108. The minimum Gasteiger partial charge on any atom is -0.383 e. The van der Waals surface area contributed by atoms with Crippen LogP contribution >= 0.6 is 0 Å². The number of hydrogen-bond donors (Lipinski definition) is 1. The van der Waals surface area contributed by atoms with Gasteiger partial charge >= 0.3 is 0 Å². The van der Waals surface area contributed by atoms with Crippen molar-refractivity contribution < 1.29 is 14.3 Å². The SMILES string of the molecule is COCC(=O)N1CCC(NC(COC)C2CC2)CC1. The van der Waals surface area contributed by atoms with Crippen molar-refractivity contribution in [3.05, 3.63) is 0 Å². The van der Waals surface area contributed by atoms with E-state index in [0.29, 0.717) is 12.1 Å². The van der Waals surface area contributed by atoms with Gasteiger partial charge in [-0.15, -0.1) is 0 Å². The molecular weight excluding hydrogens is 244 g/mol. The number of carbonyl (C=O) groups excluding carboxylic acids is 1. The van der Waals surface area contributed by atoms with Crippen molar-refractivity contribution in [2.45, 2.75) is 37.8 Å². The molecule has 0 spiro atoms. The van der Waals surface area contributed by atoms with Crippen LogP contribution in [-0.4, -0.2) is 63.4 Å². The Bertz CT molecular complexity index is 286. The van der Waals surface area contributed by atoms with Crippen LogP contribution in [0.5, 0.6) is 0 Å². The maximum Gasteiger partial charge on any atom is 0.248 e. The lowest BCUT2D eigenvalue weighted by molar-refractivity contribution is -0.136. The standard InChI is InChI=1S/C14H26N2O3/c1-18-9-13(11-3-4-11)15-12-5-7-16(8-6-12)14(17)10-19-2/h11-13,15H,3-10H2,1-2H3. The number of hydrogen-bond acceptors (Lipinski definition) is 4. The van der Waals surface area contributed by atoms with Gasteiger partial charge in [-0.2, -0.15) is 0 Å². The number of rotatable bonds is 7. The van der Waals surface area contributed by atoms with Crippen molar-refractivity contribution in [1.29, 1.82) is 0 Å². The average Bonchev–Trinajstić information content (AvgIpc) is 3.24. The molecule has 5 heteroatoms. The topological polar surface area (TPSA) is 50.8 Å². The molecule has 0 radical (unpaired) electrons. The molecule has 0 aromatic rings. The van der Waals surface area contributed by atoms with Gasteiger partial charge in [0.25, 0.3) is 0 Å². The maximum atomic E-state index is 11.7. The van der Waals surface area contributed by atoms with Crippen LogP contribution < -0.4 is 5.32 Å². The lowest BCUT2D eigenvalue weighted by Gasteiger charge is -2.34. The maximum absolute atomic E-state index is 11.7. The Morgan fingerprint density at radius 2 is 1.89 bits per heavy atom. The molecule has 1 saturated carbocycles. The van der Waals surface area contributed by atoms with Crippen molar-refractivity contribution in [3.63, 3.8) is 0 Å². The summed E-state index contributed by atoms with van der Waals surface area (Å²) < 4.78 is 10.2. The van der Waals surface area contributed by atoms with Gasteiger partial charge in [0.05, 0.1) is 6.61 Å². The van der Waals surface area contributed by atoms with Gasteiger partial charge in [0.2, 0.25) is 5.91 Å². The summed E-state index contributed by atoms with van der Waals surface area (Å²) in [5.41, 5.74) is 0. The van der Waals surface area contributed by atoms with E-state index in [1.54, 1.807) is 14.2 Å². The summed E-state index contributed by atoms with van der Waals surface area (Å²) in [6.45, 7) is 2.68. The van der Waals surface area contributed by atoms with Gasteiger partial charge in [-0.1, -0.05) is 0 Å². The highest BCUT2D eigenvalue weighted by Crippen LogP contribution is 2.33. The van der Waals surface area contributed by atoms with Gasteiger partial charge in [0.15, 0.2) is 0 Å². The third kappa shape index (κ3) is 4.44. The smallest absolute Gasteiger partial charge is 0.248 e. The van der Waals surface area contributed by atoms with Crippen LogP contribution in [0.1, 0.15) is 25.7 Å². The second-order valence-electron chi connectivity index (χ2n) is 5.65. The predicted octanol–water partition coefficient (Wildman–Crippen LogP) is 0.638. The van der Waals surface area contributed by atoms with Crippen molar-refractivity contribution in [1.82, 2.24) is 10.2 Å². The Balaban J connectivity index is 1.71. The van der Waals surface area contributed by atoms with Gasteiger partial charge in [-0.25, -0.2) is 0 Å². The number of methoxy groups -OCH3 is 2. The number of carbonyl (C=O) groups is 1. The summed E-state index contributed by atoms with van der Waals surface area (Å²) in [7, 11) is 3.33. The van der Waals surface area contributed by atoms with Crippen LogP contribution in [-0.2, 0) is 14.3 Å². The molecule has 2 rings (SSSR count). The van der Waals surface area contributed by atoms with E-state index >= 15 is 0 Å². The molecule has 0 aromatic heterocycles. The Labute approximate surface area is 115 Å². The molecule has 2 fully saturated rings. The molecule has 1 aliphatic carbocycles. The molecule has 110 valence electrons. The van der Waals surface area contributed by atoms with E-state index in [0.717, 1.165) is 38.5 Å². The quantitative estimate of drug-likeness (QED) is 0.737. The van der Waals surface area contributed by atoms with E-state index in [2.05, 4.69) is 5.32 Å². The van der Waals surface area contributed by atoms with Crippen LogP contribution in [0.25, 0.3) is 0 Å². The highest BCUT2D eigenvalue weighted by molar-refractivity contribution is 5.77. The molecule has 2 aliphatic rings. The lowest BCUT2D eigenvalue weighted by atomic mass is 10.0. The third-order valence-electron chi connectivity index (χ3n) is 4.10. The van der Waals surface area contributed by atoms with Gasteiger partial charge in [0, 0.05) is 39.4 Å². The van der Waals surface area contributed by atoms with Crippen LogP contribution in [0, 0.1) is 5.92 Å². The first-order valence-corrected chi connectivity index (χ1v) is 7.26. The van der Waals surface area contributed by atoms with E-state index in [-0.39, 0.29) is 12.5 Å². The van der Waals surface area contributed by atoms with E-state index in [9.17, 15) is 4.79 Å². The highest BCUT2D eigenvalue weighted by Gasteiger charge is 2.33. The molecular formula is C14H26N2O3. The van der Waals surface area contributed by atoms with E-state index in [4.69, 9.17) is 9.47 Å². The molecule has 1 saturated heterocycles. The summed E-state index contributed by atoms with van der Waals surface area (Å²) in [6.07, 6.45) is 4.71. The number of amides is 1. The van der Waals surface area contributed by atoms with Crippen molar-refractivity contribution in [2.24, 2.45) is 5.92 Å². The van der Waals surface area contributed by atoms with E-state index in [1.165, 1.54) is 12.8 Å². The number of nitrogens with one attached hydrogen (secondary N) is 1. The molecule has 5 nitrogen and oxygen atoms in total. The molecule has 1 N–H and O–H groups in total. The first kappa shape index (κ1) is 14.8. The summed E-state index contributed by atoms with van der Waals surface area (Å²) in [5, 5.41) is 3.72.